The van der Waals surface area contributed by atoms with Gasteiger partial charge in [-0.25, -0.2) is 0 Å². The number of rotatable bonds is 4. The quantitative estimate of drug-likeness (QED) is 0.786. The van der Waals surface area contributed by atoms with E-state index < -0.39 is 0 Å². The van der Waals surface area contributed by atoms with Gasteiger partial charge in [0.2, 0.25) is 0 Å². The topological polar surface area (TPSA) is 15.3 Å². The summed E-state index contributed by atoms with van der Waals surface area (Å²) in [5.74, 6) is 1.10. The molecule has 3 fully saturated rings. The summed E-state index contributed by atoms with van der Waals surface area (Å²) in [4.78, 5) is 2.81. The number of likely N-dealkylation sites (tertiary alicyclic amines) is 1. The Morgan fingerprint density at radius 3 is 2.69 bits per heavy atom. The Morgan fingerprint density at radius 2 is 1.94 bits per heavy atom. The standard InChI is InChI=1S/C14H26N2/c1-2-10-16(11-8-12-6-7-12)14(5-1)13-4-3-9-15-13/h12-15H,1-11H2. The number of piperidine rings is 1. The van der Waals surface area contributed by atoms with Crippen LogP contribution in [0, 0.1) is 5.92 Å². The molecule has 2 nitrogen and oxygen atoms in total. The molecule has 0 amide bonds. The first-order valence-corrected chi connectivity index (χ1v) is 7.41. The fourth-order valence-electron chi connectivity index (χ4n) is 3.54. The highest BCUT2D eigenvalue weighted by atomic mass is 15.2. The highest BCUT2D eigenvalue weighted by Gasteiger charge is 2.32. The van der Waals surface area contributed by atoms with Crippen LogP contribution in [-0.4, -0.2) is 36.6 Å². The second-order valence-corrected chi connectivity index (χ2v) is 6.03. The highest BCUT2D eigenvalue weighted by Crippen LogP contribution is 2.33. The Bertz CT molecular complexity index is 219. The summed E-state index contributed by atoms with van der Waals surface area (Å²) in [6, 6.07) is 1.69. The molecule has 2 saturated heterocycles. The van der Waals surface area contributed by atoms with E-state index in [-0.39, 0.29) is 0 Å². The van der Waals surface area contributed by atoms with E-state index in [9.17, 15) is 0 Å². The van der Waals surface area contributed by atoms with Gasteiger partial charge in [-0.15, -0.1) is 0 Å². The summed E-state index contributed by atoms with van der Waals surface area (Å²) in [5.41, 5.74) is 0. The third kappa shape index (κ3) is 2.60. The van der Waals surface area contributed by atoms with Crippen LogP contribution < -0.4 is 5.32 Å². The molecule has 3 rings (SSSR count). The van der Waals surface area contributed by atoms with E-state index in [0.29, 0.717) is 0 Å². The monoisotopic (exact) mass is 222 g/mol. The van der Waals surface area contributed by atoms with Crippen LogP contribution in [0.3, 0.4) is 0 Å². The average Bonchev–Trinajstić information content (AvgIpc) is 3.00. The maximum atomic E-state index is 3.72. The molecule has 2 unspecified atom stereocenters. The molecule has 0 bridgehead atoms. The molecule has 2 aliphatic heterocycles. The van der Waals surface area contributed by atoms with E-state index in [4.69, 9.17) is 0 Å². The van der Waals surface area contributed by atoms with Gasteiger partial charge >= 0.3 is 0 Å². The SMILES string of the molecule is C1CNC(C2CCCCN2CCC2CC2)C1. The van der Waals surface area contributed by atoms with Crippen molar-refractivity contribution in [1.29, 1.82) is 0 Å². The lowest BCUT2D eigenvalue weighted by Gasteiger charge is -2.39. The van der Waals surface area contributed by atoms with Crippen molar-refractivity contribution in [2.24, 2.45) is 5.92 Å². The molecule has 1 aliphatic carbocycles. The number of hydrogen-bond acceptors (Lipinski definition) is 2. The minimum Gasteiger partial charge on any atom is -0.312 e. The summed E-state index contributed by atoms with van der Waals surface area (Å²) in [5, 5.41) is 3.72. The van der Waals surface area contributed by atoms with Crippen molar-refractivity contribution >= 4 is 0 Å². The zero-order chi connectivity index (χ0) is 10.8. The van der Waals surface area contributed by atoms with Gasteiger partial charge in [0.15, 0.2) is 0 Å². The number of hydrogen-bond donors (Lipinski definition) is 1. The molecule has 2 heterocycles. The zero-order valence-electron chi connectivity index (χ0n) is 10.5. The lowest BCUT2D eigenvalue weighted by molar-refractivity contribution is 0.116. The zero-order valence-corrected chi connectivity index (χ0v) is 10.5. The smallest absolute Gasteiger partial charge is 0.0249 e. The van der Waals surface area contributed by atoms with E-state index in [1.54, 1.807) is 0 Å². The normalized spacial score (nSPS) is 36.8. The highest BCUT2D eigenvalue weighted by molar-refractivity contribution is 4.91. The predicted octanol–water partition coefficient (Wildman–Crippen LogP) is 2.39. The first kappa shape index (κ1) is 11.0. The fourth-order valence-corrected chi connectivity index (χ4v) is 3.54. The van der Waals surface area contributed by atoms with Gasteiger partial charge in [0.25, 0.3) is 0 Å². The number of nitrogens with zero attached hydrogens (tertiary/aromatic N) is 1. The van der Waals surface area contributed by atoms with Crippen LogP contribution >= 0.6 is 0 Å². The van der Waals surface area contributed by atoms with Crippen LogP contribution in [0.25, 0.3) is 0 Å². The fraction of sp³-hybridized carbons (Fsp3) is 1.00. The van der Waals surface area contributed by atoms with Crippen molar-refractivity contribution in [2.45, 2.75) is 63.5 Å². The lowest BCUT2D eigenvalue weighted by Crippen LogP contribution is -2.50. The summed E-state index contributed by atoms with van der Waals surface area (Å²) in [7, 11) is 0. The molecule has 0 aromatic heterocycles. The molecule has 16 heavy (non-hydrogen) atoms. The third-order valence-electron chi connectivity index (χ3n) is 4.75. The van der Waals surface area contributed by atoms with Gasteiger partial charge in [0.1, 0.15) is 0 Å². The minimum atomic E-state index is 0.819. The average molecular weight is 222 g/mol. The van der Waals surface area contributed by atoms with Gasteiger partial charge in [0.05, 0.1) is 0 Å². The van der Waals surface area contributed by atoms with Crippen LogP contribution in [-0.2, 0) is 0 Å². The van der Waals surface area contributed by atoms with Gasteiger partial charge < -0.3 is 5.32 Å². The summed E-state index contributed by atoms with van der Waals surface area (Å²) >= 11 is 0. The number of nitrogens with one attached hydrogen (secondary N) is 1. The van der Waals surface area contributed by atoms with Gasteiger partial charge in [-0.05, 0) is 57.7 Å². The van der Waals surface area contributed by atoms with Crippen LogP contribution in [0.4, 0.5) is 0 Å². The van der Waals surface area contributed by atoms with Gasteiger partial charge in [-0.2, -0.15) is 0 Å². The molecular weight excluding hydrogens is 196 g/mol. The minimum absolute atomic E-state index is 0.819. The predicted molar refractivity (Wildman–Crippen MR) is 67.6 cm³/mol. The van der Waals surface area contributed by atoms with Crippen LogP contribution in [0.5, 0.6) is 0 Å². The van der Waals surface area contributed by atoms with Crippen LogP contribution in [0.1, 0.15) is 51.4 Å². The van der Waals surface area contributed by atoms with Crippen molar-refractivity contribution in [3.8, 4) is 0 Å². The first-order chi connectivity index (χ1) is 7.93. The van der Waals surface area contributed by atoms with E-state index in [1.165, 1.54) is 71.0 Å². The summed E-state index contributed by atoms with van der Waals surface area (Å²) in [6.45, 7) is 4.01. The van der Waals surface area contributed by atoms with Crippen molar-refractivity contribution < 1.29 is 0 Å². The molecular formula is C14H26N2. The summed E-state index contributed by atoms with van der Waals surface area (Å²) in [6.07, 6.45) is 11.7. The van der Waals surface area contributed by atoms with Crippen LogP contribution in [0.15, 0.2) is 0 Å². The molecule has 3 aliphatic rings. The maximum absolute atomic E-state index is 3.72. The Kier molecular flexibility index (Phi) is 3.49. The Morgan fingerprint density at radius 1 is 1.00 bits per heavy atom. The second kappa shape index (κ2) is 5.05. The van der Waals surface area contributed by atoms with E-state index in [0.717, 1.165) is 18.0 Å². The van der Waals surface area contributed by atoms with E-state index in [2.05, 4.69) is 10.2 Å². The molecule has 92 valence electrons. The van der Waals surface area contributed by atoms with Crippen molar-refractivity contribution in [3.05, 3.63) is 0 Å². The molecule has 0 spiro atoms. The Balaban J connectivity index is 1.53. The third-order valence-corrected chi connectivity index (χ3v) is 4.75. The molecule has 2 atom stereocenters. The largest absolute Gasteiger partial charge is 0.312 e. The molecule has 2 heteroatoms. The lowest BCUT2D eigenvalue weighted by atomic mass is 9.94. The second-order valence-electron chi connectivity index (χ2n) is 6.03. The Labute approximate surface area is 99.8 Å². The molecule has 0 radical (unpaired) electrons. The summed E-state index contributed by atoms with van der Waals surface area (Å²) < 4.78 is 0. The molecule has 1 saturated carbocycles. The van der Waals surface area contributed by atoms with E-state index in [1.807, 2.05) is 0 Å². The molecule has 0 aromatic carbocycles. The molecule has 0 aromatic rings. The van der Waals surface area contributed by atoms with Crippen LogP contribution in [0.2, 0.25) is 0 Å². The van der Waals surface area contributed by atoms with Crippen molar-refractivity contribution in [1.82, 2.24) is 10.2 Å². The van der Waals surface area contributed by atoms with Gasteiger partial charge in [-0.3, -0.25) is 4.90 Å². The first-order valence-electron chi connectivity index (χ1n) is 7.41. The van der Waals surface area contributed by atoms with Crippen molar-refractivity contribution in [3.63, 3.8) is 0 Å². The van der Waals surface area contributed by atoms with Gasteiger partial charge in [-0.1, -0.05) is 19.3 Å². The van der Waals surface area contributed by atoms with E-state index >= 15 is 0 Å². The molecule has 1 N–H and O–H groups in total. The van der Waals surface area contributed by atoms with Gasteiger partial charge in [0, 0.05) is 12.1 Å². The Hall–Kier alpha value is -0.0800. The maximum Gasteiger partial charge on any atom is 0.0249 e. The van der Waals surface area contributed by atoms with Crippen molar-refractivity contribution in [2.75, 3.05) is 19.6 Å².